The third-order valence-corrected chi connectivity index (χ3v) is 1.58. The van der Waals surface area contributed by atoms with Gasteiger partial charge in [0.05, 0.1) is 16.3 Å². The van der Waals surface area contributed by atoms with E-state index in [1.165, 1.54) is 12.3 Å². The van der Waals surface area contributed by atoms with Crippen molar-refractivity contribution in [2.45, 2.75) is 6.61 Å². The van der Waals surface area contributed by atoms with Crippen LogP contribution in [0.4, 0.5) is 0 Å². The topological polar surface area (TPSA) is 95.8 Å². The highest BCUT2D eigenvalue weighted by molar-refractivity contribution is 5.94. The highest BCUT2D eigenvalue weighted by atomic mass is 16.5. The molecular formula is C9H10N4O. The van der Waals surface area contributed by atoms with Crippen LogP contribution in [0, 0.1) is 16.7 Å². The van der Waals surface area contributed by atoms with Crippen molar-refractivity contribution >= 4 is 5.84 Å². The van der Waals surface area contributed by atoms with Crippen LogP contribution < -0.4 is 5.73 Å². The van der Waals surface area contributed by atoms with E-state index in [2.05, 4.69) is 9.72 Å². The summed E-state index contributed by atoms with van der Waals surface area (Å²) in [5, 5.41) is 16.0. The highest BCUT2D eigenvalue weighted by Crippen LogP contribution is 2.09. The van der Waals surface area contributed by atoms with Gasteiger partial charge >= 0.3 is 0 Å². The van der Waals surface area contributed by atoms with Gasteiger partial charge in [0, 0.05) is 18.8 Å². The number of rotatable bonds is 3. The molecule has 1 heterocycles. The van der Waals surface area contributed by atoms with Crippen molar-refractivity contribution in [3.63, 3.8) is 0 Å². The lowest BCUT2D eigenvalue weighted by Crippen LogP contribution is -2.16. The minimum Gasteiger partial charge on any atom is -0.382 e. The molecule has 0 saturated heterocycles. The fraction of sp³-hybridized carbons (Fsp3) is 0.222. The number of aromatic nitrogens is 1. The normalized spacial score (nSPS) is 13.5. The number of hydrogen-bond acceptors (Lipinski definition) is 4. The summed E-state index contributed by atoms with van der Waals surface area (Å²) in [6.07, 6.45) is 1.26. The third kappa shape index (κ3) is 2.06. The van der Waals surface area contributed by atoms with Crippen LogP contribution in [0.5, 0.6) is 0 Å². The quantitative estimate of drug-likeness (QED) is 0.536. The van der Waals surface area contributed by atoms with Crippen molar-refractivity contribution in [1.82, 2.24) is 4.98 Å². The van der Waals surface area contributed by atoms with E-state index in [1.807, 2.05) is 6.07 Å². The molecule has 0 spiro atoms. The van der Waals surface area contributed by atoms with Crippen molar-refractivity contribution in [3.8, 4) is 6.07 Å². The number of nitrogens with two attached hydrogens (primary N) is 1. The maximum atomic E-state index is 8.69. The van der Waals surface area contributed by atoms with Gasteiger partial charge in [-0.25, -0.2) is 0 Å². The Morgan fingerprint density at radius 3 is 3.29 bits per heavy atom. The van der Waals surface area contributed by atoms with E-state index in [1.54, 1.807) is 0 Å². The van der Waals surface area contributed by atoms with E-state index in [-0.39, 0.29) is 23.7 Å². The van der Waals surface area contributed by atoms with Crippen molar-refractivity contribution in [1.29, 1.82) is 10.7 Å². The van der Waals surface area contributed by atoms with Gasteiger partial charge in [0.15, 0.2) is 0 Å². The Bertz CT molecular complexity index is 478. The molecule has 0 bridgehead atoms. The fourth-order valence-electron chi connectivity index (χ4n) is 1.00. The summed E-state index contributed by atoms with van der Waals surface area (Å²) in [7, 11) is -2.54. The van der Waals surface area contributed by atoms with Crippen LogP contribution >= 0.6 is 0 Å². The van der Waals surface area contributed by atoms with Gasteiger partial charge < -0.3 is 10.5 Å². The average molecular weight is 193 g/mol. The molecule has 1 aromatic heterocycles. The number of nitriles is 1. The van der Waals surface area contributed by atoms with E-state index in [9.17, 15) is 0 Å². The van der Waals surface area contributed by atoms with E-state index in [4.69, 9.17) is 20.5 Å². The zero-order chi connectivity index (χ0) is 13.1. The van der Waals surface area contributed by atoms with E-state index in [0.717, 1.165) is 0 Å². The number of nitrogen functional groups attached to an aromatic ring is 1. The van der Waals surface area contributed by atoms with Crippen molar-refractivity contribution < 1.29 is 8.85 Å². The predicted molar refractivity (Wildman–Crippen MR) is 50.7 cm³/mol. The zero-order valence-corrected chi connectivity index (χ0v) is 7.24. The maximum absolute atomic E-state index is 8.69. The minimum atomic E-state index is -2.54. The van der Waals surface area contributed by atoms with Gasteiger partial charge in [-0.1, -0.05) is 0 Å². The molecule has 0 amide bonds. The Kier molecular flexibility index (Phi) is 2.02. The Morgan fingerprint density at radius 2 is 2.71 bits per heavy atom. The molecule has 1 rings (SSSR count). The van der Waals surface area contributed by atoms with Crippen LogP contribution in [-0.4, -0.2) is 17.9 Å². The summed E-state index contributed by atoms with van der Waals surface area (Å²) in [6.45, 7) is -0.284. The second-order valence-electron chi connectivity index (χ2n) is 2.55. The van der Waals surface area contributed by atoms with Gasteiger partial charge in [-0.05, 0) is 6.07 Å². The summed E-state index contributed by atoms with van der Waals surface area (Å²) in [5.74, 6) is -0.307. The summed E-state index contributed by atoms with van der Waals surface area (Å²) in [4.78, 5) is 3.81. The molecule has 0 aliphatic heterocycles. The Balaban J connectivity index is 3.02. The number of methoxy groups -OCH3 is 1. The largest absolute Gasteiger partial charge is 0.382 e. The first-order valence-electron chi connectivity index (χ1n) is 5.21. The van der Waals surface area contributed by atoms with Crippen LogP contribution in [-0.2, 0) is 11.3 Å². The van der Waals surface area contributed by atoms with E-state index < -0.39 is 7.04 Å². The van der Waals surface area contributed by atoms with Crippen LogP contribution in [0.25, 0.3) is 0 Å². The van der Waals surface area contributed by atoms with Crippen LogP contribution in [0.1, 0.15) is 20.9 Å². The molecule has 3 N–H and O–H groups in total. The minimum absolute atomic E-state index is 0.119. The molecule has 5 nitrogen and oxygen atoms in total. The van der Waals surface area contributed by atoms with E-state index >= 15 is 0 Å². The monoisotopic (exact) mass is 193 g/mol. The number of nitrogens with zero attached hydrogens (tertiary/aromatic N) is 2. The van der Waals surface area contributed by atoms with Gasteiger partial charge in [0.1, 0.15) is 17.6 Å². The predicted octanol–water partition coefficient (Wildman–Crippen LogP) is 0.384. The summed E-state index contributed by atoms with van der Waals surface area (Å²) in [5.41, 5.74) is 5.95. The summed E-state index contributed by atoms with van der Waals surface area (Å²) in [6, 6.07) is 3.26. The van der Waals surface area contributed by atoms with Crippen molar-refractivity contribution in [2.24, 2.45) is 5.73 Å². The molecule has 5 heteroatoms. The van der Waals surface area contributed by atoms with Crippen molar-refractivity contribution in [2.75, 3.05) is 7.04 Å². The molecule has 0 aliphatic rings. The van der Waals surface area contributed by atoms with Crippen molar-refractivity contribution in [3.05, 3.63) is 29.1 Å². The van der Waals surface area contributed by atoms with Gasteiger partial charge in [-0.2, -0.15) is 5.26 Å². The maximum Gasteiger partial charge on any atom is 0.142 e. The first kappa shape index (κ1) is 6.51. The van der Waals surface area contributed by atoms with Crippen LogP contribution in [0.2, 0.25) is 0 Å². The third-order valence-electron chi connectivity index (χ3n) is 1.58. The second-order valence-corrected chi connectivity index (χ2v) is 2.55. The molecule has 0 fully saturated rings. The average Bonchev–Trinajstić information content (AvgIpc) is 2.24. The van der Waals surface area contributed by atoms with Crippen LogP contribution in [0.15, 0.2) is 12.3 Å². The summed E-state index contributed by atoms with van der Waals surface area (Å²) >= 11 is 0. The van der Waals surface area contributed by atoms with Crippen LogP contribution in [0.3, 0.4) is 0 Å². The van der Waals surface area contributed by atoms with Gasteiger partial charge in [-0.15, -0.1) is 0 Å². The van der Waals surface area contributed by atoms with E-state index in [0.29, 0.717) is 5.56 Å². The molecule has 72 valence electrons. The molecule has 0 unspecified atom stereocenters. The van der Waals surface area contributed by atoms with Gasteiger partial charge in [0.25, 0.3) is 0 Å². The molecule has 0 aromatic carbocycles. The molecule has 0 radical (unpaired) electrons. The Labute approximate surface area is 85.9 Å². The first-order valence-corrected chi connectivity index (χ1v) is 3.71. The summed E-state index contributed by atoms with van der Waals surface area (Å²) < 4.78 is 25.3. The Hall–Kier alpha value is -1.93. The zero-order valence-electron chi connectivity index (χ0n) is 10.2. The lowest BCUT2D eigenvalue weighted by atomic mass is 10.1. The lowest BCUT2D eigenvalue weighted by Gasteiger charge is -2.05. The molecule has 0 saturated carbocycles. The molecule has 1 aromatic rings. The standard InChI is InChI=1S/C9H10N4O/c1-14-5-7-2-6(3-10)4-13-8(7)9(11)12/h2,4H,5H2,1H3,(H3,11,12)/i1D3. The number of ether oxygens (including phenoxy) is 1. The number of hydrogen-bond donors (Lipinski definition) is 2. The highest BCUT2D eigenvalue weighted by Gasteiger charge is 2.07. The van der Waals surface area contributed by atoms with Gasteiger partial charge in [-0.3, -0.25) is 10.4 Å². The molecule has 0 atom stereocenters. The second kappa shape index (κ2) is 4.35. The molecule has 14 heavy (non-hydrogen) atoms. The van der Waals surface area contributed by atoms with Gasteiger partial charge in [0.2, 0.25) is 0 Å². The number of pyridine rings is 1. The number of amidine groups is 1. The number of nitrogens with one attached hydrogen (secondary N) is 1. The lowest BCUT2D eigenvalue weighted by molar-refractivity contribution is 0.184. The first-order chi connectivity index (χ1) is 7.83. The smallest absolute Gasteiger partial charge is 0.142 e. The molecular weight excluding hydrogens is 180 g/mol. The Morgan fingerprint density at radius 1 is 1.93 bits per heavy atom. The molecule has 0 aliphatic carbocycles. The fourth-order valence-corrected chi connectivity index (χ4v) is 1.00. The SMILES string of the molecule is [2H]C([2H])([2H])OCc1cc(C#N)cnc1C(=N)N.